The largest absolute Gasteiger partial charge is 0.330 e. The van der Waals surface area contributed by atoms with Crippen molar-refractivity contribution in [2.45, 2.75) is 20.3 Å². The Balaban J connectivity index is 4.59. The molecule has 0 aliphatic heterocycles. The van der Waals surface area contributed by atoms with Gasteiger partial charge in [-0.05, 0) is 30.0 Å². The molecule has 0 amide bonds. The zero-order chi connectivity index (χ0) is 11.1. The third-order valence-electron chi connectivity index (χ3n) is 2.78. The maximum Gasteiger partial charge on any atom is 0.0811 e. The van der Waals surface area contributed by atoms with Gasteiger partial charge in [0.15, 0.2) is 0 Å². The van der Waals surface area contributed by atoms with Gasteiger partial charge in [0.25, 0.3) is 0 Å². The minimum atomic E-state index is 0.183. The van der Waals surface area contributed by atoms with Crippen molar-refractivity contribution < 1.29 is 0 Å². The fourth-order valence-corrected chi connectivity index (χ4v) is 3.17. The van der Waals surface area contributed by atoms with Gasteiger partial charge in [0, 0.05) is 10.3 Å². The zero-order valence-corrected chi connectivity index (χ0v) is 11.0. The third kappa shape index (κ3) is 3.65. The van der Waals surface area contributed by atoms with Gasteiger partial charge >= 0.3 is 0 Å². The molecular formula is C10H19IN2O. The summed E-state index contributed by atoms with van der Waals surface area (Å²) in [4.78, 5) is 10.5. The summed E-state index contributed by atoms with van der Waals surface area (Å²) in [5, 5.41) is 2.96. The molecule has 0 aromatic carbocycles. The molecule has 0 aromatic rings. The van der Waals surface area contributed by atoms with Crippen molar-refractivity contribution in [3.63, 3.8) is 0 Å². The van der Waals surface area contributed by atoms with Crippen LogP contribution in [0.2, 0.25) is 0 Å². The molecule has 3 atom stereocenters. The summed E-state index contributed by atoms with van der Waals surface area (Å²) < 4.78 is 0.989. The number of allylic oxidation sites excluding steroid dienone is 1. The number of hydrogen-bond donors (Lipinski definition) is 1. The van der Waals surface area contributed by atoms with Crippen molar-refractivity contribution in [2.24, 2.45) is 28.7 Å². The maximum atomic E-state index is 10.5. The normalized spacial score (nSPS) is 17.1. The molecule has 3 nitrogen and oxygen atoms in total. The Morgan fingerprint density at radius 3 is 2.50 bits per heavy atom. The molecule has 3 unspecified atom stereocenters. The molecule has 0 aromatic heterocycles. The summed E-state index contributed by atoms with van der Waals surface area (Å²) in [5.74, 6) is 1.01. The average Bonchev–Trinajstić information content (AvgIpc) is 2.23. The first-order chi connectivity index (χ1) is 6.62. The van der Waals surface area contributed by atoms with E-state index in [1.54, 1.807) is 0 Å². The Morgan fingerprint density at radius 2 is 2.21 bits per heavy atom. The molecule has 0 aliphatic rings. The SMILES string of the molecule is C=C(N=O)C(CC)C(CI)C(C)CN. The summed E-state index contributed by atoms with van der Waals surface area (Å²) in [6.45, 7) is 8.53. The standard InChI is InChI=1S/C10H19IN2O/c1-4-9(8(3)13-14)10(5-11)7(2)6-12/h7,9-10H,3-6,12H2,1-2H3. The van der Waals surface area contributed by atoms with E-state index in [9.17, 15) is 4.91 Å². The van der Waals surface area contributed by atoms with E-state index in [0.29, 0.717) is 24.1 Å². The van der Waals surface area contributed by atoms with Crippen molar-refractivity contribution >= 4 is 22.6 Å². The van der Waals surface area contributed by atoms with Gasteiger partial charge in [0.05, 0.1) is 5.70 Å². The van der Waals surface area contributed by atoms with E-state index < -0.39 is 0 Å². The highest BCUT2D eigenvalue weighted by molar-refractivity contribution is 14.1. The summed E-state index contributed by atoms with van der Waals surface area (Å²) in [7, 11) is 0. The minimum absolute atomic E-state index is 0.183. The number of nitrogens with two attached hydrogens (primary N) is 1. The van der Waals surface area contributed by atoms with E-state index in [0.717, 1.165) is 10.8 Å². The van der Waals surface area contributed by atoms with Crippen molar-refractivity contribution in [3.8, 4) is 0 Å². The molecule has 0 saturated heterocycles. The molecule has 82 valence electrons. The monoisotopic (exact) mass is 310 g/mol. The van der Waals surface area contributed by atoms with Crippen LogP contribution in [0.15, 0.2) is 17.5 Å². The molecule has 0 radical (unpaired) electrons. The Bertz CT molecular complexity index is 197. The first-order valence-corrected chi connectivity index (χ1v) is 6.43. The molecule has 0 heterocycles. The molecule has 4 heteroatoms. The van der Waals surface area contributed by atoms with Crippen LogP contribution in [0.4, 0.5) is 0 Å². The van der Waals surface area contributed by atoms with Gasteiger partial charge in [-0.1, -0.05) is 43.0 Å². The van der Waals surface area contributed by atoms with Gasteiger partial charge in [-0.3, -0.25) is 0 Å². The van der Waals surface area contributed by atoms with Gasteiger partial charge in [-0.25, -0.2) is 0 Å². The second-order valence-electron chi connectivity index (χ2n) is 3.63. The molecule has 0 rings (SSSR count). The first-order valence-electron chi connectivity index (χ1n) is 4.90. The highest BCUT2D eigenvalue weighted by Crippen LogP contribution is 2.31. The van der Waals surface area contributed by atoms with E-state index in [4.69, 9.17) is 5.73 Å². The van der Waals surface area contributed by atoms with Gasteiger partial charge in [-0.15, -0.1) is 4.91 Å². The number of alkyl halides is 1. The molecule has 0 saturated carbocycles. The van der Waals surface area contributed by atoms with Crippen LogP contribution in [0.25, 0.3) is 0 Å². The average molecular weight is 310 g/mol. The van der Waals surface area contributed by atoms with Crippen molar-refractivity contribution in [1.82, 2.24) is 0 Å². The highest BCUT2D eigenvalue weighted by atomic mass is 127. The number of halogens is 1. The van der Waals surface area contributed by atoms with Gasteiger partial charge in [0.1, 0.15) is 0 Å². The molecule has 0 aliphatic carbocycles. The van der Waals surface area contributed by atoms with Crippen LogP contribution in [0.5, 0.6) is 0 Å². The number of nitroso groups, excluding NO2 is 1. The number of rotatable bonds is 7. The zero-order valence-electron chi connectivity index (χ0n) is 8.87. The molecule has 0 spiro atoms. The summed E-state index contributed by atoms with van der Waals surface area (Å²) >= 11 is 2.34. The lowest BCUT2D eigenvalue weighted by Gasteiger charge is -2.28. The molecule has 0 fully saturated rings. The van der Waals surface area contributed by atoms with E-state index in [1.165, 1.54) is 0 Å². The third-order valence-corrected chi connectivity index (χ3v) is 3.80. The Morgan fingerprint density at radius 1 is 1.64 bits per heavy atom. The van der Waals surface area contributed by atoms with Crippen LogP contribution >= 0.6 is 22.6 Å². The van der Waals surface area contributed by atoms with Crippen LogP contribution in [0.3, 0.4) is 0 Å². The van der Waals surface area contributed by atoms with E-state index in [-0.39, 0.29) is 5.92 Å². The minimum Gasteiger partial charge on any atom is -0.330 e. The Labute approximate surface area is 99.6 Å². The van der Waals surface area contributed by atoms with Crippen LogP contribution in [-0.2, 0) is 0 Å². The number of nitrogens with zero attached hydrogens (tertiary/aromatic N) is 1. The fourth-order valence-electron chi connectivity index (χ4n) is 1.68. The van der Waals surface area contributed by atoms with Gasteiger partial charge in [-0.2, -0.15) is 0 Å². The van der Waals surface area contributed by atoms with Gasteiger partial charge in [0.2, 0.25) is 0 Å². The second-order valence-corrected chi connectivity index (χ2v) is 4.51. The lowest BCUT2D eigenvalue weighted by atomic mass is 9.81. The molecule has 14 heavy (non-hydrogen) atoms. The summed E-state index contributed by atoms with van der Waals surface area (Å²) in [6.07, 6.45) is 0.905. The summed E-state index contributed by atoms with van der Waals surface area (Å²) in [6, 6.07) is 0. The predicted octanol–water partition coefficient (Wildman–Crippen LogP) is 2.94. The molecule has 0 bridgehead atoms. The van der Waals surface area contributed by atoms with E-state index in [1.807, 2.05) is 0 Å². The fraction of sp³-hybridized carbons (Fsp3) is 0.800. The molecule has 2 N–H and O–H groups in total. The lowest BCUT2D eigenvalue weighted by Crippen LogP contribution is -2.28. The second kappa shape index (κ2) is 7.34. The first kappa shape index (κ1) is 14.0. The predicted molar refractivity (Wildman–Crippen MR) is 69.3 cm³/mol. The molecular weight excluding hydrogens is 291 g/mol. The Hall–Kier alpha value is 0.0300. The smallest absolute Gasteiger partial charge is 0.0811 e. The van der Waals surface area contributed by atoms with Crippen molar-refractivity contribution in [3.05, 3.63) is 17.2 Å². The van der Waals surface area contributed by atoms with Gasteiger partial charge < -0.3 is 5.73 Å². The lowest BCUT2D eigenvalue weighted by molar-refractivity contribution is 0.301. The quantitative estimate of drug-likeness (QED) is 0.446. The maximum absolute atomic E-state index is 10.5. The van der Waals surface area contributed by atoms with Crippen molar-refractivity contribution in [1.29, 1.82) is 0 Å². The topological polar surface area (TPSA) is 55.5 Å². The van der Waals surface area contributed by atoms with Crippen LogP contribution < -0.4 is 5.73 Å². The highest BCUT2D eigenvalue weighted by Gasteiger charge is 2.26. The Kier molecular flexibility index (Phi) is 7.35. The van der Waals surface area contributed by atoms with E-state index in [2.05, 4.69) is 48.2 Å². The van der Waals surface area contributed by atoms with Crippen LogP contribution in [0.1, 0.15) is 20.3 Å². The van der Waals surface area contributed by atoms with E-state index >= 15 is 0 Å². The van der Waals surface area contributed by atoms with Crippen LogP contribution in [0, 0.1) is 22.7 Å². The summed E-state index contributed by atoms with van der Waals surface area (Å²) in [5.41, 5.74) is 6.11. The number of hydrogen-bond acceptors (Lipinski definition) is 3. The van der Waals surface area contributed by atoms with Crippen LogP contribution in [-0.4, -0.2) is 11.0 Å². The van der Waals surface area contributed by atoms with Crippen molar-refractivity contribution in [2.75, 3.05) is 11.0 Å².